The van der Waals surface area contributed by atoms with Crippen LogP contribution in [0.2, 0.25) is 0 Å². The highest BCUT2D eigenvalue weighted by Gasteiger charge is 2.39. The molecule has 0 bridgehead atoms. The summed E-state index contributed by atoms with van der Waals surface area (Å²) in [5.74, 6) is 0.306. The highest BCUT2D eigenvalue weighted by Crippen LogP contribution is 2.25. The van der Waals surface area contributed by atoms with Gasteiger partial charge >= 0.3 is 0 Å². The van der Waals surface area contributed by atoms with Gasteiger partial charge in [0.05, 0.1) is 17.2 Å². The van der Waals surface area contributed by atoms with E-state index < -0.39 is 15.4 Å². The highest BCUT2D eigenvalue weighted by molar-refractivity contribution is 7.91. The van der Waals surface area contributed by atoms with Gasteiger partial charge in [-0.05, 0) is 25.8 Å². The van der Waals surface area contributed by atoms with Crippen LogP contribution in [0.3, 0.4) is 0 Å². The summed E-state index contributed by atoms with van der Waals surface area (Å²) in [6, 6.07) is 2.04. The van der Waals surface area contributed by atoms with Crippen molar-refractivity contribution >= 4 is 9.84 Å². The molecule has 0 aliphatic carbocycles. The predicted molar refractivity (Wildman–Crippen MR) is 71.2 cm³/mol. The Morgan fingerprint density at radius 2 is 2.22 bits per heavy atom. The molecule has 5 nitrogen and oxygen atoms in total. The van der Waals surface area contributed by atoms with Crippen LogP contribution in [0.4, 0.5) is 0 Å². The van der Waals surface area contributed by atoms with Crippen molar-refractivity contribution in [2.24, 2.45) is 5.73 Å². The Balaban J connectivity index is 2.21. The maximum atomic E-state index is 11.5. The normalized spacial score (nSPS) is 26.6. The molecular weight excluding hydrogens is 250 g/mol. The molecule has 2 rings (SSSR count). The number of hydrogen-bond donors (Lipinski definition) is 1. The lowest BCUT2D eigenvalue weighted by Gasteiger charge is -2.22. The van der Waals surface area contributed by atoms with E-state index in [-0.39, 0.29) is 11.5 Å². The second-order valence-corrected chi connectivity index (χ2v) is 7.36. The minimum Gasteiger partial charge on any atom is -0.324 e. The first-order valence-electron chi connectivity index (χ1n) is 6.42. The lowest BCUT2D eigenvalue weighted by molar-refractivity contribution is 0.453. The van der Waals surface area contributed by atoms with Gasteiger partial charge in [0.15, 0.2) is 9.84 Å². The van der Waals surface area contributed by atoms with Crippen molar-refractivity contribution < 1.29 is 8.42 Å². The fourth-order valence-electron chi connectivity index (χ4n) is 2.55. The summed E-state index contributed by atoms with van der Waals surface area (Å²) in [6.45, 7) is 4.88. The molecule has 1 atom stereocenters. The molecule has 1 unspecified atom stereocenters. The molecule has 0 saturated carbocycles. The zero-order chi connectivity index (χ0) is 13.4. The van der Waals surface area contributed by atoms with Crippen LogP contribution in [0, 0.1) is 0 Å². The fraction of sp³-hybridized carbons (Fsp3) is 0.750. The van der Waals surface area contributed by atoms with E-state index in [4.69, 9.17) is 5.73 Å². The number of aromatic nitrogens is 2. The van der Waals surface area contributed by atoms with Crippen molar-refractivity contribution in [2.45, 2.75) is 45.2 Å². The van der Waals surface area contributed by atoms with Crippen LogP contribution >= 0.6 is 0 Å². The highest BCUT2D eigenvalue weighted by atomic mass is 32.2. The van der Waals surface area contributed by atoms with Crippen LogP contribution in [-0.2, 0) is 29.2 Å². The largest absolute Gasteiger partial charge is 0.324 e. The second-order valence-electron chi connectivity index (χ2n) is 5.18. The first kappa shape index (κ1) is 13.5. The number of sulfone groups is 1. The smallest absolute Gasteiger partial charge is 0.152 e. The van der Waals surface area contributed by atoms with Gasteiger partial charge in [-0.25, -0.2) is 8.42 Å². The van der Waals surface area contributed by atoms with Crippen molar-refractivity contribution in [2.75, 3.05) is 11.5 Å². The van der Waals surface area contributed by atoms with E-state index >= 15 is 0 Å². The molecule has 6 heteroatoms. The van der Waals surface area contributed by atoms with Gasteiger partial charge in [-0.15, -0.1) is 0 Å². The van der Waals surface area contributed by atoms with Gasteiger partial charge in [0, 0.05) is 24.2 Å². The zero-order valence-electron chi connectivity index (χ0n) is 11.0. The second kappa shape index (κ2) is 4.66. The summed E-state index contributed by atoms with van der Waals surface area (Å²) in [6.07, 6.45) is 2.02. The quantitative estimate of drug-likeness (QED) is 0.866. The van der Waals surface area contributed by atoms with E-state index in [1.54, 1.807) is 0 Å². The summed E-state index contributed by atoms with van der Waals surface area (Å²) >= 11 is 0. The van der Waals surface area contributed by atoms with E-state index in [1.165, 1.54) is 0 Å². The number of rotatable bonds is 4. The molecule has 0 aromatic carbocycles. The maximum absolute atomic E-state index is 11.5. The van der Waals surface area contributed by atoms with Crippen LogP contribution in [0.1, 0.15) is 31.7 Å². The van der Waals surface area contributed by atoms with Crippen molar-refractivity contribution in [3.8, 4) is 0 Å². The van der Waals surface area contributed by atoms with Crippen LogP contribution in [0.15, 0.2) is 6.07 Å². The molecule has 1 aliphatic rings. The molecule has 102 valence electrons. The Labute approximate surface area is 108 Å². The molecule has 1 aromatic heterocycles. The molecule has 2 N–H and O–H groups in total. The Morgan fingerprint density at radius 1 is 1.50 bits per heavy atom. The van der Waals surface area contributed by atoms with E-state index in [2.05, 4.69) is 12.0 Å². The Kier molecular flexibility index (Phi) is 3.51. The van der Waals surface area contributed by atoms with Crippen molar-refractivity contribution in [1.29, 1.82) is 0 Å². The fourth-order valence-corrected chi connectivity index (χ4v) is 4.53. The number of nitrogens with zero attached hydrogens (tertiary/aromatic N) is 2. The van der Waals surface area contributed by atoms with Crippen molar-refractivity contribution in [3.63, 3.8) is 0 Å². The average molecular weight is 271 g/mol. The first-order chi connectivity index (χ1) is 8.37. The first-order valence-corrected chi connectivity index (χ1v) is 8.24. The maximum Gasteiger partial charge on any atom is 0.152 e. The minimum atomic E-state index is -2.95. The Morgan fingerprint density at radius 3 is 2.72 bits per heavy atom. The van der Waals surface area contributed by atoms with Gasteiger partial charge in [-0.3, -0.25) is 4.68 Å². The summed E-state index contributed by atoms with van der Waals surface area (Å²) in [7, 11) is -2.95. The topological polar surface area (TPSA) is 78.0 Å². The molecule has 18 heavy (non-hydrogen) atoms. The number of aryl methyl sites for hydroxylation is 2. The van der Waals surface area contributed by atoms with Crippen molar-refractivity contribution in [3.05, 3.63) is 17.5 Å². The van der Waals surface area contributed by atoms with Crippen molar-refractivity contribution in [1.82, 2.24) is 9.78 Å². The summed E-state index contributed by atoms with van der Waals surface area (Å²) in [5.41, 5.74) is 7.69. The lowest BCUT2D eigenvalue weighted by Crippen LogP contribution is -2.43. The van der Waals surface area contributed by atoms with Gasteiger partial charge in [0.2, 0.25) is 0 Å². The average Bonchev–Trinajstić information content (AvgIpc) is 2.79. The van der Waals surface area contributed by atoms with Crippen LogP contribution in [0.5, 0.6) is 0 Å². The van der Waals surface area contributed by atoms with Crippen LogP contribution < -0.4 is 5.73 Å². The molecule has 1 saturated heterocycles. The number of nitrogens with two attached hydrogens (primary N) is 1. The molecule has 1 aromatic rings. The summed E-state index contributed by atoms with van der Waals surface area (Å²) in [5, 5.41) is 4.47. The summed E-state index contributed by atoms with van der Waals surface area (Å²) in [4.78, 5) is 0. The van der Waals surface area contributed by atoms with E-state index in [1.807, 2.05) is 17.7 Å². The summed E-state index contributed by atoms with van der Waals surface area (Å²) < 4.78 is 25.0. The Hall–Kier alpha value is -0.880. The van der Waals surface area contributed by atoms with Crippen LogP contribution in [0.25, 0.3) is 0 Å². The monoisotopic (exact) mass is 271 g/mol. The van der Waals surface area contributed by atoms with Gasteiger partial charge in [0.25, 0.3) is 0 Å². The third kappa shape index (κ3) is 2.75. The van der Waals surface area contributed by atoms with Gasteiger partial charge < -0.3 is 5.73 Å². The van der Waals surface area contributed by atoms with E-state index in [0.29, 0.717) is 12.8 Å². The molecule has 2 heterocycles. The van der Waals surface area contributed by atoms with Crippen LogP contribution in [-0.4, -0.2) is 35.2 Å². The molecule has 1 fully saturated rings. The zero-order valence-corrected chi connectivity index (χ0v) is 11.8. The molecule has 0 radical (unpaired) electrons. The van der Waals surface area contributed by atoms with Gasteiger partial charge in [0.1, 0.15) is 0 Å². The third-order valence-corrected chi connectivity index (χ3v) is 5.37. The number of hydrogen-bond acceptors (Lipinski definition) is 4. The standard InChI is InChI=1S/C12H21N3O2S/c1-3-10-7-11(15(4-2)14-10)8-12(13)5-6-18(16,17)9-12/h7H,3-6,8-9,13H2,1-2H3. The lowest BCUT2D eigenvalue weighted by atomic mass is 9.94. The van der Waals surface area contributed by atoms with E-state index in [0.717, 1.165) is 24.4 Å². The molecule has 0 spiro atoms. The molecule has 1 aliphatic heterocycles. The molecule has 0 amide bonds. The van der Waals surface area contributed by atoms with E-state index in [9.17, 15) is 8.42 Å². The van der Waals surface area contributed by atoms with Gasteiger partial charge in [-0.2, -0.15) is 5.10 Å². The van der Waals surface area contributed by atoms with Gasteiger partial charge in [-0.1, -0.05) is 6.92 Å². The third-order valence-electron chi connectivity index (χ3n) is 3.53. The predicted octanol–water partition coefficient (Wildman–Crippen LogP) is 0.524. The molecular formula is C12H21N3O2S. The Bertz CT molecular complexity index is 536. The SMILES string of the molecule is CCc1cc(CC2(N)CCS(=O)(=O)C2)n(CC)n1. The minimum absolute atomic E-state index is 0.0936.